The standard InChI is InChI=1S/C25H23N3O7/c1-33-18-5-11-4-15(27-20(11)23(35-3)22(18)34-2)24(32)28-9-12-8-25(12)13-6-14(17(31)10-29)26-21(13)16(30)7-19(25)28/h4-7,12,26-27,29H,8-10H2,1-3H3/t12-,25?/m1/s1. The minimum atomic E-state index is -0.645. The van der Waals surface area contributed by atoms with Crippen LogP contribution in [0.15, 0.2) is 30.0 Å². The molecule has 3 heterocycles. The van der Waals surface area contributed by atoms with Crippen molar-refractivity contribution in [3.63, 3.8) is 0 Å². The van der Waals surface area contributed by atoms with Crippen molar-refractivity contribution in [2.75, 3.05) is 34.5 Å². The highest BCUT2D eigenvalue weighted by Crippen LogP contribution is 2.66. The fourth-order valence-corrected chi connectivity index (χ4v) is 5.73. The summed E-state index contributed by atoms with van der Waals surface area (Å²) in [5.41, 5.74) is 2.40. The van der Waals surface area contributed by atoms with E-state index in [2.05, 4.69) is 9.97 Å². The number of rotatable bonds is 6. The highest BCUT2D eigenvalue weighted by atomic mass is 16.5. The Labute approximate surface area is 199 Å². The van der Waals surface area contributed by atoms with Gasteiger partial charge in [0.15, 0.2) is 11.5 Å². The summed E-state index contributed by atoms with van der Waals surface area (Å²) in [5, 5.41) is 9.95. The van der Waals surface area contributed by atoms with Gasteiger partial charge in [0.05, 0.1) is 38.2 Å². The Hall–Kier alpha value is -4.05. The van der Waals surface area contributed by atoms with Gasteiger partial charge in [-0.3, -0.25) is 14.4 Å². The molecule has 35 heavy (non-hydrogen) atoms. The monoisotopic (exact) mass is 477 g/mol. The Kier molecular flexibility index (Phi) is 4.43. The number of Topliss-reactive ketones (excluding diaryl/α,β-unsaturated/α-hetero) is 1. The number of carbonyl (C=O) groups excluding carboxylic acids is 3. The zero-order valence-corrected chi connectivity index (χ0v) is 19.4. The van der Waals surface area contributed by atoms with E-state index in [1.807, 2.05) is 0 Å². The number of H-pyrrole nitrogens is 2. The van der Waals surface area contributed by atoms with Gasteiger partial charge < -0.3 is 34.2 Å². The van der Waals surface area contributed by atoms with E-state index < -0.39 is 17.8 Å². The summed E-state index contributed by atoms with van der Waals surface area (Å²) in [6, 6.07) is 5.14. The summed E-state index contributed by atoms with van der Waals surface area (Å²) in [6.45, 7) is -0.181. The number of allylic oxidation sites excluding steroid dienone is 2. The summed E-state index contributed by atoms with van der Waals surface area (Å²) in [5.74, 6) is 0.422. The Balaban J connectivity index is 1.40. The first-order chi connectivity index (χ1) is 16.9. The molecular formula is C25H23N3O7. The summed E-state index contributed by atoms with van der Waals surface area (Å²) < 4.78 is 16.4. The number of hydrogen-bond donors (Lipinski definition) is 3. The molecule has 10 nitrogen and oxygen atoms in total. The van der Waals surface area contributed by atoms with Crippen LogP contribution < -0.4 is 14.2 Å². The van der Waals surface area contributed by atoms with Crippen LogP contribution in [0.1, 0.15) is 43.4 Å². The molecule has 10 heteroatoms. The van der Waals surface area contributed by atoms with Crippen LogP contribution in [0, 0.1) is 5.92 Å². The lowest BCUT2D eigenvalue weighted by atomic mass is 9.85. The second kappa shape index (κ2) is 7.22. The van der Waals surface area contributed by atoms with Crippen LogP contribution in [0.3, 0.4) is 0 Å². The van der Waals surface area contributed by atoms with Gasteiger partial charge in [0, 0.05) is 29.1 Å². The number of nitrogens with one attached hydrogen (secondary N) is 2. The van der Waals surface area contributed by atoms with Crippen molar-refractivity contribution in [2.45, 2.75) is 11.8 Å². The SMILES string of the molecule is COc1cc2cc(C(=O)N3C[C@H]4CC45C3=CC(=O)c3[nH]c(C(=O)CO)cc35)[nH]c2c(OC)c1OC. The second-order valence-electron chi connectivity index (χ2n) is 9.03. The fraction of sp³-hybridized carbons (Fsp3) is 0.320. The predicted octanol–water partition coefficient (Wildman–Crippen LogP) is 2.19. The number of nitrogens with zero attached hydrogens (tertiary/aromatic N) is 1. The van der Waals surface area contributed by atoms with E-state index in [0.717, 1.165) is 17.4 Å². The fourth-order valence-electron chi connectivity index (χ4n) is 5.73. The zero-order chi connectivity index (χ0) is 24.6. The van der Waals surface area contributed by atoms with Crippen LogP contribution in [-0.2, 0) is 5.41 Å². The number of aromatic amines is 2. The molecule has 1 aromatic carbocycles. The van der Waals surface area contributed by atoms with Crippen LogP contribution in [0.25, 0.3) is 10.9 Å². The van der Waals surface area contributed by atoms with Gasteiger partial charge in [0.1, 0.15) is 12.3 Å². The second-order valence-corrected chi connectivity index (χ2v) is 9.03. The van der Waals surface area contributed by atoms with Gasteiger partial charge in [-0.25, -0.2) is 0 Å². The average molecular weight is 477 g/mol. The molecule has 0 bridgehead atoms. The molecule has 6 rings (SSSR count). The highest BCUT2D eigenvalue weighted by Gasteiger charge is 2.67. The number of aliphatic hydroxyl groups is 1. The highest BCUT2D eigenvalue weighted by molar-refractivity contribution is 6.10. The third-order valence-corrected chi connectivity index (χ3v) is 7.41. The molecular weight excluding hydrogens is 454 g/mol. The van der Waals surface area contributed by atoms with E-state index in [4.69, 9.17) is 14.2 Å². The minimum Gasteiger partial charge on any atom is -0.493 e. The molecule has 1 aliphatic heterocycles. The molecule has 180 valence electrons. The van der Waals surface area contributed by atoms with Crippen molar-refractivity contribution in [3.8, 4) is 17.2 Å². The number of amides is 1. The normalized spacial score (nSPS) is 21.8. The number of fused-ring (bicyclic) bond motifs is 2. The third-order valence-electron chi connectivity index (χ3n) is 7.41. The van der Waals surface area contributed by atoms with Gasteiger partial charge in [-0.15, -0.1) is 0 Å². The lowest BCUT2D eigenvalue weighted by Crippen LogP contribution is -2.33. The van der Waals surface area contributed by atoms with E-state index in [1.54, 1.807) is 23.1 Å². The van der Waals surface area contributed by atoms with Gasteiger partial charge in [-0.1, -0.05) is 0 Å². The Morgan fingerprint density at radius 3 is 2.54 bits per heavy atom. The summed E-state index contributed by atoms with van der Waals surface area (Å²) in [4.78, 5) is 46.3. The lowest BCUT2D eigenvalue weighted by Gasteiger charge is -2.27. The Morgan fingerprint density at radius 1 is 1.09 bits per heavy atom. The van der Waals surface area contributed by atoms with E-state index >= 15 is 0 Å². The maximum Gasteiger partial charge on any atom is 0.274 e. The molecule has 2 atom stereocenters. The number of aliphatic hydroxyl groups excluding tert-OH is 1. The molecule has 2 fully saturated rings. The van der Waals surface area contributed by atoms with Gasteiger partial charge in [-0.05, 0) is 36.1 Å². The van der Waals surface area contributed by atoms with Gasteiger partial charge in [-0.2, -0.15) is 0 Å². The maximum atomic E-state index is 13.7. The molecule has 3 N–H and O–H groups in total. The number of likely N-dealkylation sites (tertiary alicyclic amines) is 1. The number of benzene rings is 1. The minimum absolute atomic E-state index is 0.150. The number of ketones is 2. The van der Waals surface area contributed by atoms with E-state index in [1.165, 1.54) is 27.4 Å². The van der Waals surface area contributed by atoms with E-state index in [9.17, 15) is 19.5 Å². The maximum absolute atomic E-state index is 13.7. The van der Waals surface area contributed by atoms with Gasteiger partial charge in [0.25, 0.3) is 5.91 Å². The van der Waals surface area contributed by atoms with Crippen molar-refractivity contribution in [1.82, 2.24) is 14.9 Å². The molecule has 3 aromatic rings. The first kappa shape index (κ1) is 21.5. The molecule has 3 aliphatic rings. The summed E-state index contributed by atoms with van der Waals surface area (Å²) in [6.07, 6.45) is 2.29. The van der Waals surface area contributed by atoms with Crippen molar-refractivity contribution in [3.05, 3.63) is 52.6 Å². The largest absolute Gasteiger partial charge is 0.493 e. The van der Waals surface area contributed by atoms with Crippen LogP contribution in [0.2, 0.25) is 0 Å². The number of aromatic nitrogens is 2. The molecule has 1 saturated heterocycles. The number of piperidine rings is 1. The number of carbonyl (C=O) groups is 3. The number of hydrogen-bond acceptors (Lipinski definition) is 7. The van der Waals surface area contributed by atoms with Crippen LogP contribution in [0.5, 0.6) is 17.2 Å². The Morgan fingerprint density at radius 2 is 1.86 bits per heavy atom. The molecule has 1 amide bonds. The van der Waals surface area contributed by atoms with Crippen molar-refractivity contribution >= 4 is 28.4 Å². The third kappa shape index (κ3) is 2.71. The van der Waals surface area contributed by atoms with Crippen LogP contribution >= 0.6 is 0 Å². The molecule has 1 unspecified atom stereocenters. The van der Waals surface area contributed by atoms with E-state index in [0.29, 0.717) is 46.4 Å². The molecule has 1 spiro atoms. The molecule has 2 aromatic heterocycles. The first-order valence-electron chi connectivity index (χ1n) is 11.2. The average Bonchev–Trinajstić information content (AvgIpc) is 3.21. The van der Waals surface area contributed by atoms with Crippen molar-refractivity contribution in [2.24, 2.45) is 5.92 Å². The quantitative estimate of drug-likeness (QED) is 0.464. The topological polar surface area (TPSA) is 134 Å². The molecule has 0 radical (unpaired) electrons. The van der Waals surface area contributed by atoms with Crippen molar-refractivity contribution < 1.29 is 33.7 Å². The van der Waals surface area contributed by atoms with Crippen LogP contribution in [0.4, 0.5) is 0 Å². The van der Waals surface area contributed by atoms with Gasteiger partial charge >= 0.3 is 0 Å². The molecule has 2 aliphatic carbocycles. The zero-order valence-electron chi connectivity index (χ0n) is 19.4. The van der Waals surface area contributed by atoms with E-state index in [-0.39, 0.29) is 23.3 Å². The van der Waals surface area contributed by atoms with Gasteiger partial charge in [0.2, 0.25) is 17.3 Å². The number of methoxy groups -OCH3 is 3. The predicted molar refractivity (Wildman–Crippen MR) is 123 cm³/mol. The summed E-state index contributed by atoms with van der Waals surface area (Å²) >= 11 is 0. The first-order valence-corrected chi connectivity index (χ1v) is 11.2. The smallest absolute Gasteiger partial charge is 0.274 e. The van der Waals surface area contributed by atoms with Crippen LogP contribution in [-0.4, -0.2) is 71.9 Å². The van der Waals surface area contributed by atoms with Crippen molar-refractivity contribution in [1.29, 1.82) is 0 Å². The lowest BCUT2D eigenvalue weighted by molar-refractivity contribution is 0.0806. The summed E-state index contributed by atoms with van der Waals surface area (Å²) in [7, 11) is 4.55. The number of ether oxygens (including phenoxy) is 3. The Bertz CT molecular complexity index is 1480. The molecule has 1 saturated carbocycles.